The third-order valence-corrected chi connectivity index (χ3v) is 2.76. The van der Waals surface area contributed by atoms with Crippen LogP contribution in [0.2, 0.25) is 0 Å². The van der Waals surface area contributed by atoms with Crippen LogP contribution in [0.25, 0.3) is 0 Å². The van der Waals surface area contributed by atoms with Crippen molar-refractivity contribution in [3.63, 3.8) is 0 Å². The van der Waals surface area contributed by atoms with Crippen molar-refractivity contribution in [2.24, 2.45) is 5.73 Å². The lowest BCUT2D eigenvalue weighted by molar-refractivity contribution is -0.385. The van der Waals surface area contributed by atoms with Crippen molar-refractivity contribution in [1.82, 2.24) is 0 Å². The second-order valence-electron chi connectivity index (χ2n) is 4.13. The minimum Gasteiger partial charge on any atom is -0.496 e. The Kier molecular flexibility index (Phi) is 4.03. The molecule has 3 N–H and O–H groups in total. The van der Waals surface area contributed by atoms with E-state index in [-0.39, 0.29) is 17.3 Å². The summed E-state index contributed by atoms with van der Waals surface area (Å²) in [6, 6.07) is 10.7. The van der Waals surface area contributed by atoms with Gasteiger partial charge in [-0.2, -0.15) is 0 Å². The summed E-state index contributed by atoms with van der Waals surface area (Å²) in [5, 5.41) is 18.3. The molecule has 0 radical (unpaired) electrons. The van der Waals surface area contributed by atoms with E-state index in [1.54, 1.807) is 30.3 Å². The number of nitrogens with one attached hydrogen (secondary N) is 1. The quantitative estimate of drug-likeness (QED) is 0.380. The first-order chi connectivity index (χ1) is 10.0. The van der Waals surface area contributed by atoms with Crippen LogP contribution in [0.3, 0.4) is 0 Å². The number of nitrogen functional groups attached to an aromatic ring is 1. The Labute approximate surface area is 120 Å². The third-order valence-electron chi connectivity index (χ3n) is 2.76. The molecule has 0 aromatic heterocycles. The summed E-state index contributed by atoms with van der Waals surface area (Å²) >= 11 is 0. The van der Waals surface area contributed by atoms with E-state index in [4.69, 9.17) is 20.6 Å². The van der Waals surface area contributed by atoms with Crippen LogP contribution < -0.4 is 15.2 Å². The van der Waals surface area contributed by atoms with E-state index in [0.717, 1.165) is 0 Å². The van der Waals surface area contributed by atoms with E-state index in [1.165, 1.54) is 19.2 Å². The number of hydrogen-bond acceptors (Lipinski definition) is 5. The molecule has 0 saturated heterocycles. The average Bonchev–Trinajstić information content (AvgIpc) is 2.48. The molecule has 0 heterocycles. The third kappa shape index (κ3) is 3.27. The topological polar surface area (TPSA) is 111 Å². The molecule has 2 aromatic rings. The lowest BCUT2D eigenvalue weighted by Gasteiger charge is -2.08. The van der Waals surface area contributed by atoms with Gasteiger partial charge in [0.05, 0.1) is 18.1 Å². The van der Waals surface area contributed by atoms with Gasteiger partial charge in [-0.1, -0.05) is 0 Å². The van der Waals surface area contributed by atoms with Gasteiger partial charge in [-0.15, -0.1) is 0 Å². The van der Waals surface area contributed by atoms with Crippen LogP contribution in [0.1, 0.15) is 5.56 Å². The number of methoxy groups -OCH3 is 1. The van der Waals surface area contributed by atoms with Crippen LogP contribution >= 0.6 is 0 Å². The van der Waals surface area contributed by atoms with Crippen molar-refractivity contribution in [2.45, 2.75) is 0 Å². The van der Waals surface area contributed by atoms with Gasteiger partial charge in [0.25, 0.3) is 0 Å². The summed E-state index contributed by atoms with van der Waals surface area (Å²) in [6.45, 7) is 0. The van der Waals surface area contributed by atoms with Crippen molar-refractivity contribution in [3.8, 4) is 17.2 Å². The van der Waals surface area contributed by atoms with Crippen molar-refractivity contribution < 1.29 is 14.4 Å². The zero-order valence-corrected chi connectivity index (χ0v) is 11.2. The molecule has 0 aliphatic rings. The van der Waals surface area contributed by atoms with Gasteiger partial charge >= 0.3 is 5.69 Å². The smallest absolute Gasteiger partial charge is 0.315 e. The lowest BCUT2D eigenvalue weighted by Crippen LogP contribution is -2.10. The van der Waals surface area contributed by atoms with Gasteiger partial charge < -0.3 is 15.2 Å². The summed E-state index contributed by atoms with van der Waals surface area (Å²) in [6.07, 6.45) is 0. The van der Waals surface area contributed by atoms with E-state index in [9.17, 15) is 10.1 Å². The van der Waals surface area contributed by atoms with Crippen molar-refractivity contribution in [2.75, 3.05) is 7.11 Å². The van der Waals surface area contributed by atoms with Crippen molar-refractivity contribution >= 4 is 11.5 Å². The van der Waals surface area contributed by atoms with Gasteiger partial charge in [-0.3, -0.25) is 15.5 Å². The molecule has 0 bridgehead atoms. The Balaban J connectivity index is 2.30. The zero-order chi connectivity index (χ0) is 15.4. The number of hydrogen-bond donors (Lipinski definition) is 2. The maximum absolute atomic E-state index is 11.0. The molecule has 0 aliphatic heterocycles. The van der Waals surface area contributed by atoms with E-state index in [1.807, 2.05) is 0 Å². The predicted molar refractivity (Wildman–Crippen MR) is 77.2 cm³/mol. The maximum atomic E-state index is 11.0. The normalized spacial score (nSPS) is 9.95. The molecule has 0 aliphatic carbocycles. The fourth-order valence-electron chi connectivity index (χ4n) is 1.68. The van der Waals surface area contributed by atoms with Crippen LogP contribution in [0, 0.1) is 15.5 Å². The fraction of sp³-hybridized carbons (Fsp3) is 0.0714. The number of nitro benzene ring substituents is 1. The highest BCUT2D eigenvalue weighted by Crippen LogP contribution is 2.34. The Bertz CT molecular complexity index is 683. The Hall–Kier alpha value is -3.09. The molecular formula is C14H13N3O4. The largest absolute Gasteiger partial charge is 0.496 e. The van der Waals surface area contributed by atoms with Gasteiger partial charge in [-0.25, -0.2) is 0 Å². The number of nitrogens with zero attached hydrogens (tertiary/aromatic N) is 1. The number of ether oxygens (including phenoxy) is 2. The van der Waals surface area contributed by atoms with Crippen LogP contribution in [-0.4, -0.2) is 17.9 Å². The standard InChI is InChI=1S/C14H13N3O4/c1-20-11-6-7-13(12(8-11)17(18)19)21-10-4-2-9(3-5-10)14(15)16/h2-8H,1H3,(H3,15,16). The second-order valence-corrected chi connectivity index (χ2v) is 4.13. The molecule has 0 spiro atoms. The first-order valence-corrected chi connectivity index (χ1v) is 5.96. The molecule has 7 nitrogen and oxygen atoms in total. The first-order valence-electron chi connectivity index (χ1n) is 5.96. The minimum absolute atomic E-state index is 0.0584. The first kappa shape index (κ1) is 14.3. The average molecular weight is 287 g/mol. The number of benzene rings is 2. The Morgan fingerprint density at radius 2 is 1.81 bits per heavy atom. The number of nitro groups is 1. The molecule has 108 valence electrons. The molecular weight excluding hydrogens is 274 g/mol. The van der Waals surface area contributed by atoms with Crippen LogP contribution in [0.4, 0.5) is 5.69 Å². The van der Waals surface area contributed by atoms with E-state index in [2.05, 4.69) is 0 Å². The van der Waals surface area contributed by atoms with Crippen LogP contribution in [0.5, 0.6) is 17.2 Å². The molecule has 7 heteroatoms. The summed E-state index contributed by atoms with van der Waals surface area (Å²) in [7, 11) is 1.43. The summed E-state index contributed by atoms with van der Waals surface area (Å²) in [5.41, 5.74) is 5.71. The molecule has 0 atom stereocenters. The Morgan fingerprint density at radius 1 is 1.19 bits per heavy atom. The molecule has 21 heavy (non-hydrogen) atoms. The number of nitrogens with two attached hydrogens (primary N) is 1. The van der Waals surface area contributed by atoms with E-state index < -0.39 is 4.92 Å². The highest BCUT2D eigenvalue weighted by Gasteiger charge is 2.17. The maximum Gasteiger partial charge on any atom is 0.315 e. The van der Waals surface area contributed by atoms with Crippen molar-refractivity contribution in [1.29, 1.82) is 5.41 Å². The zero-order valence-electron chi connectivity index (χ0n) is 11.2. The molecule has 0 amide bonds. The van der Waals surface area contributed by atoms with E-state index in [0.29, 0.717) is 17.1 Å². The molecule has 2 aromatic carbocycles. The monoisotopic (exact) mass is 287 g/mol. The van der Waals surface area contributed by atoms with Gasteiger partial charge in [0.1, 0.15) is 17.3 Å². The van der Waals surface area contributed by atoms with Gasteiger partial charge in [0.15, 0.2) is 0 Å². The van der Waals surface area contributed by atoms with Gasteiger partial charge in [0, 0.05) is 5.56 Å². The van der Waals surface area contributed by atoms with Gasteiger partial charge in [0.2, 0.25) is 5.75 Å². The lowest BCUT2D eigenvalue weighted by atomic mass is 10.2. The SMILES string of the molecule is COc1ccc(Oc2ccc(C(=N)N)cc2)c([N+](=O)[O-])c1. The molecule has 0 fully saturated rings. The highest BCUT2D eigenvalue weighted by molar-refractivity contribution is 5.94. The number of rotatable bonds is 5. The summed E-state index contributed by atoms with van der Waals surface area (Å²) in [5.74, 6) is 0.836. The second kappa shape index (κ2) is 5.91. The molecule has 0 saturated carbocycles. The molecule has 0 unspecified atom stereocenters. The van der Waals surface area contributed by atoms with E-state index >= 15 is 0 Å². The highest BCUT2D eigenvalue weighted by atomic mass is 16.6. The Morgan fingerprint density at radius 3 is 2.33 bits per heavy atom. The van der Waals surface area contributed by atoms with Crippen molar-refractivity contribution in [3.05, 3.63) is 58.1 Å². The van der Waals surface area contributed by atoms with Crippen LogP contribution in [-0.2, 0) is 0 Å². The molecule has 2 rings (SSSR count). The fourth-order valence-corrected chi connectivity index (χ4v) is 1.68. The summed E-state index contributed by atoms with van der Waals surface area (Å²) in [4.78, 5) is 10.5. The predicted octanol–water partition coefficient (Wildman–Crippen LogP) is 2.68. The van der Waals surface area contributed by atoms with Gasteiger partial charge in [-0.05, 0) is 36.4 Å². The summed E-state index contributed by atoms with van der Waals surface area (Å²) < 4.78 is 10.5. The minimum atomic E-state index is -0.540. The van der Waals surface area contributed by atoms with Crippen LogP contribution in [0.15, 0.2) is 42.5 Å². The number of amidine groups is 1.